The minimum absolute atomic E-state index is 0.202. The van der Waals surface area contributed by atoms with Crippen molar-refractivity contribution in [1.82, 2.24) is 5.32 Å². The largest absolute Gasteiger partial charge is 0.375 e. The molecule has 1 aromatic rings. The molecule has 0 radical (unpaired) electrons. The number of hydrogen-bond acceptors (Lipinski definition) is 4. The van der Waals surface area contributed by atoms with Gasteiger partial charge in [-0.3, -0.25) is 0 Å². The van der Waals surface area contributed by atoms with Crippen LogP contribution in [0.1, 0.15) is 30.6 Å². The molecule has 2 saturated heterocycles. The molecule has 0 aromatic carbocycles. The zero-order chi connectivity index (χ0) is 13.8. The molecule has 0 amide bonds. The summed E-state index contributed by atoms with van der Waals surface area (Å²) in [5.41, 5.74) is 0.202. The fourth-order valence-corrected chi connectivity index (χ4v) is 5.90. The molecule has 112 valence electrons. The maximum atomic E-state index is 6.15. The molecule has 3 rings (SSSR count). The Balaban J connectivity index is 1.45. The van der Waals surface area contributed by atoms with Crippen LogP contribution in [0.25, 0.3) is 0 Å². The van der Waals surface area contributed by atoms with Crippen LogP contribution in [0.2, 0.25) is 0 Å². The number of hydrogen-bond donors (Lipinski definition) is 1. The highest BCUT2D eigenvalue weighted by molar-refractivity contribution is 9.11. The van der Waals surface area contributed by atoms with Crippen molar-refractivity contribution in [2.24, 2.45) is 0 Å². The number of thiophene rings is 1. The Morgan fingerprint density at radius 3 is 2.95 bits per heavy atom. The molecule has 0 aliphatic carbocycles. The highest BCUT2D eigenvalue weighted by Crippen LogP contribution is 2.37. The Morgan fingerprint density at radius 1 is 1.35 bits per heavy atom. The molecule has 20 heavy (non-hydrogen) atoms. The molecule has 2 nitrogen and oxygen atoms in total. The summed E-state index contributed by atoms with van der Waals surface area (Å²) >= 11 is 7.45. The fourth-order valence-electron chi connectivity index (χ4n) is 3.18. The van der Waals surface area contributed by atoms with Crippen LogP contribution < -0.4 is 5.32 Å². The average molecular weight is 376 g/mol. The summed E-state index contributed by atoms with van der Waals surface area (Å²) in [4.78, 5) is 1.46. The van der Waals surface area contributed by atoms with Gasteiger partial charge < -0.3 is 10.1 Å². The third kappa shape index (κ3) is 4.01. The molecule has 1 aromatic heterocycles. The van der Waals surface area contributed by atoms with Crippen molar-refractivity contribution in [3.63, 3.8) is 0 Å². The molecular formula is C15H22BrNOS2. The molecule has 0 bridgehead atoms. The molecule has 1 spiro atoms. The second kappa shape index (κ2) is 7.14. The van der Waals surface area contributed by atoms with Crippen LogP contribution in [0, 0.1) is 0 Å². The van der Waals surface area contributed by atoms with Gasteiger partial charge in [0.2, 0.25) is 0 Å². The summed E-state index contributed by atoms with van der Waals surface area (Å²) in [6.45, 7) is 2.02. The SMILES string of the molecule is Brc1ccc(CCNC2CCOC3(CCSCC3)C2)s1. The summed E-state index contributed by atoms with van der Waals surface area (Å²) in [6.07, 6.45) is 6.00. The van der Waals surface area contributed by atoms with E-state index in [1.807, 2.05) is 11.3 Å². The first kappa shape index (κ1) is 15.3. The van der Waals surface area contributed by atoms with Crippen LogP contribution in [-0.4, -0.2) is 36.3 Å². The van der Waals surface area contributed by atoms with Crippen molar-refractivity contribution in [3.8, 4) is 0 Å². The maximum absolute atomic E-state index is 6.15. The highest BCUT2D eigenvalue weighted by Gasteiger charge is 2.38. The van der Waals surface area contributed by atoms with E-state index in [0.29, 0.717) is 6.04 Å². The Bertz CT molecular complexity index is 426. The van der Waals surface area contributed by atoms with Crippen molar-refractivity contribution < 1.29 is 4.74 Å². The van der Waals surface area contributed by atoms with Crippen molar-refractivity contribution in [3.05, 3.63) is 20.8 Å². The normalized spacial score (nSPS) is 25.9. The van der Waals surface area contributed by atoms with Gasteiger partial charge in [-0.2, -0.15) is 11.8 Å². The lowest BCUT2D eigenvalue weighted by Gasteiger charge is -2.43. The molecule has 1 unspecified atom stereocenters. The van der Waals surface area contributed by atoms with Gasteiger partial charge in [0.15, 0.2) is 0 Å². The number of ether oxygens (including phenoxy) is 1. The quantitative estimate of drug-likeness (QED) is 0.855. The van der Waals surface area contributed by atoms with Crippen molar-refractivity contribution in [2.75, 3.05) is 24.7 Å². The number of halogens is 1. The lowest BCUT2D eigenvalue weighted by atomic mass is 9.85. The third-order valence-corrected chi connectivity index (χ3v) is 7.00. The van der Waals surface area contributed by atoms with Gasteiger partial charge in [-0.05, 0) is 71.7 Å². The first-order chi connectivity index (χ1) is 9.76. The Hall–Kier alpha value is 0.450. The van der Waals surface area contributed by atoms with Crippen LogP contribution in [0.3, 0.4) is 0 Å². The minimum atomic E-state index is 0.202. The summed E-state index contributed by atoms with van der Waals surface area (Å²) in [5, 5.41) is 3.76. The monoisotopic (exact) mass is 375 g/mol. The first-order valence-electron chi connectivity index (χ1n) is 7.45. The van der Waals surface area contributed by atoms with Crippen molar-refractivity contribution in [1.29, 1.82) is 0 Å². The standard InChI is InChI=1S/C15H22BrNOS2/c16-14-2-1-13(20-14)3-7-17-12-4-8-18-15(11-12)5-9-19-10-6-15/h1-2,12,17H,3-11H2. The van der Waals surface area contributed by atoms with Crippen molar-refractivity contribution >= 4 is 39.0 Å². The van der Waals surface area contributed by atoms with E-state index in [1.54, 1.807) is 0 Å². The zero-order valence-electron chi connectivity index (χ0n) is 11.7. The average Bonchev–Trinajstić information content (AvgIpc) is 2.86. The summed E-state index contributed by atoms with van der Waals surface area (Å²) < 4.78 is 7.38. The second-order valence-electron chi connectivity index (χ2n) is 5.74. The Labute approximate surface area is 138 Å². The van der Waals surface area contributed by atoms with Gasteiger partial charge in [0.25, 0.3) is 0 Å². The van der Waals surface area contributed by atoms with Crippen LogP contribution in [0.4, 0.5) is 0 Å². The van der Waals surface area contributed by atoms with Gasteiger partial charge >= 0.3 is 0 Å². The van der Waals surface area contributed by atoms with Gasteiger partial charge in [-0.1, -0.05) is 0 Å². The van der Waals surface area contributed by atoms with Gasteiger partial charge in [0.1, 0.15) is 0 Å². The number of nitrogens with one attached hydrogen (secondary N) is 1. The van der Waals surface area contributed by atoms with Gasteiger partial charge in [0.05, 0.1) is 9.39 Å². The topological polar surface area (TPSA) is 21.3 Å². The molecule has 0 saturated carbocycles. The molecule has 3 heterocycles. The van der Waals surface area contributed by atoms with Crippen molar-refractivity contribution in [2.45, 2.75) is 43.7 Å². The smallest absolute Gasteiger partial charge is 0.0713 e. The molecule has 5 heteroatoms. The molecule has 1 N–H and O–H groups in total. The van der Waals surface area contributed by atoms with E-state index in [9.17, 15) is 0 Å². The Kier molecular flexibility index (Phi) is 5.48. The van der Waals surface area contributed by atoms with Gasteiger partial charge in [0, 0.05) is 24.1 Å². The minimum Gasteiger partial charge on any atom is -0.375 e. The third-order valence-electron chi connectivity index (χ3n) is 4.33. The van der Waals surface area contributed by atoms with E-state index >= 15 is 0 Å². The van der Waals surface area contributed by atoms with E-state index in [0.717, 1.165) is 19.6 Å². The molecular weight excluding hydrogens is 354 g/mol. The summed E-state index contributed by atoms with van der Waals surface area (Å²) in [6, 6.07) is 5.01. The van der Waals surface area contributed by atoms with Crippen LogP contribution in [0.15, 0.2) is 15.9 Å². The molecule has 2 fully saturated rings. The molecule has 2 aliphatic rings. The first-order valence-corrected chi connectivity index (χ1v) is 10.2. The van der Waals surface area contributed by atoms with Crippen LogP contribution in [0.5, 0.6) is 0 Å². The van der Waals surface area contributed by atoms with E-state index in [2.05, 4.69) is 45.1 Å². The number of rotatable bonds is 4. The van der Waals surface area contributed by atoms with E-state index < -0.39 is 0 Å². The fraction of sp³-hybridized carbons (Fsp3) is 0.733. The van der Waals surface area contributed by atoms with Gasteiger partial charge in [-0.25, -0.2) is 0 Å². The summed E-state index contributed by atoms with van der Waals surface area (Å²) in [7, 11) is 0. The Morgan fingerprint density at radius 2 is 2.20 bits per heavy atom. The lowest BCUT2D eigenvalue weighted by Crippen LogP contribution is -2.49. The number of thioether (sulfide) groups is 1. The van der Waals surface area contributed by atoms with E-state index in [4.69, 9.17) is 4.74 Å². The highest BCUT2D eigenvalue weighted by atomic mass is 79.9. The molecule has 2 aliphatic heterocycles. The van der Waals surface area contributed by atoms with E-state index in [-0.39, 0.29) is 5.60 Å². The molecule has 1 atom stereocenters. The van der Waals surface area contributed by atoms with E-state index in [1.165, 1.54) is 45.9 Å². The predicted molar refractivity (Wildman–Crippen MR) is 92.0 cm³/mol. The second-order valence-corrected chi connectivity index (χ2v) is 9.52. The lowest BCUT2D eigenvalue weighted by molar-refractivity contribution is -0.0930. The maximum Gasteiger partial charge on any atom is 0.0713 e. The summed E-state index contributed by atoms with van der Waals surface area (Å²) in [5.74, 6) is 2.55. The zero-order valence-corrected chi connectivity index (χ0v) is 14.9. The van der Waals surface area contributed by atoms with Crippen LogP contribution >= 0.6 is 39.0 Å². The predicted octanol–water partition coefficient (Wildman–Crippen LogP) is 4.09. The van der Waals surface area contributed by atoms with Gasteiger partial charge in [-0.15, -0.1) is 11.3 Å². The van der Waals surface area contributed by atoms with Crippen LogP contribution in [-0.2, 0) is 11.2 Å².